The maximum Gasteiger partial charge on any atom is 0.332 e. The van der Waals surface area contributed by atoms with Crippen LogP contribution in [0.3, 0.4) is 0 Å². The summed E-state index contributed by atoms with van der Waals surface area (Å²) >= 11 is 0. The second-order valence-corrected chi connectivity index (χ2v) is 4.23. The number of hydrogen-bond donors (Lipinski definition) is 4. The van der Waals surface area contributed by atoms with E-state index in [1.54, 1.807) is 0 Å². The highest BCUT2D eigenvalue weighted by atomic mass is 16.6. The predicted octanol–water partition coefficient (Wildman–Crippen LogP) is 0.409. The van der Waals surface area contributed by atoms with E-state index in [4.69, 9.17) is 10.9 Å². The zero-order valence-corrected chi connectivity index (χ0v) is 10.9. The molecule has 1 heterocycles. The van der Waals surface area contributed by atoms with Crippen molar-refractivity contribution in [2.24, 2.45) is 11.8 Å². The number of nitrogens with two attached hydrogens (primary N) is 1. The number of aromatic nitrogens is 2. The molecule has 1 unspecified atom stereocenters. The molecule has 1 rings (SSSR count). The molecule has 0 radical (unpaired) electrons. The number of aliphatic hydroxyl groups excluding tert-OH is 1. The summed E-state index contributed by atoms with van der Waals surface area (Å²) < 4.78 is 0. The minimum absolute atomic E-state index is 0.0728. The molecule has 9 nitrogen and oxygen atoms in total. The van der Waals surface area contributed by atoms with Gasteiger partial charge in [0.2, 0.25) is 11.8 Å². The first-order valence-corrected chi connectivity index (χ1v) is 5.84. The fourth-order valence-electron chi connectivity index (χ4n) is 1.57. The molecule has 0 aliphatic rings. The van der Waals surface area contributed by atoms with Gasteiger partial charge in [-0.3, -0.25) is 15.5 Å². The Bertz CT molecular complexity index is 453. The van der Waals surface area contributed by atoms with Crippen molar-refractivity contribution in [1.29, 1.82) is 0 Å². The van der Waals surface area contributed by atoms with Gasteiger partial charge in [-0.1, -0.05) is 6.92 Å². The summed E-state index contributed by atoms with van der Waals surface area (Å²) in [4.78, 5) is 18.3. The number of rotatable bonds is 7. The zero-order valence-electron chi connectivity index (χ0n) is 10.9. The van der Waals surface area contributed by atoms with Gasteiger partial charge in [0.25, 0.3) is 0 Å². The number of hydrogen-bond acceptors (Lipinski definition) is 8. The largest absolute Gasteiger partial charge is 0.396 e. The van der Waals surface area contributed by atoms with Gasteiger partial charge in [0.15, 0.2) is 0 Å². The molecule has 0 aliphatic carbocycles. The van der Waals surface area contributed by atoms with Crippen LogP contribution >= 0.6 is 0 Å². The highest BCUT2D eigenvalue weighted by molar-refractivity contribution is 5.60. The molecule has 0 saturated heterocycles. The number of hydrazine groups is 1. The van der Waals surface area contributed by atoms with E-state index in [2.05, 4.69) is 20.7 Å². The average Bonchev–Trinajstić information content (AvgIpc) is 2.35. The van der Waals surface area contributed by atoms with Gasteiger partial charge in [0.05, 0.1) is 4.92 Å². The molecule has 19 heavy (non-hydrogen) atoms. The molecule has 0 aliphatic heterocycles. The molecule has 1 aromatic rings. The van der Waals surface area contributed by atoms with E-state index in [0.717, 1.165) is 0 Å². The second-order valence-electron chi connectivity index (χ2n) is 4.23. The minimum atomic E-state index is -0.533. The van der Waals surface area contributed by atoms with Gasteiger partial charge in [0, 0.05) is 13.2 Å². The molecule has 0 spiro atoms. The van der Waals surface area contributed by atoms with Crippen molar-refractivity contribution in [3.63, 3.8) is 0 Å². The summed E-state index contributed by atoms with van der Waals surface area (Å²) in [5, 5.41) is 22.7. The van der Waals surface area contributed by atoms with Crippen LogP contribution in [0.2, 0.25) is 0 Å². The van der Waals surface area contributed by atoms with Crippen LogP contribution in [0.25, 0.3) is 0 Å². The maximum atomic E-state index is 11.0. The third-order valence-electron chi connectivity index (χ3n) is 2.61. The van der Waals surface area contributed by atoms with Crippen LogP contribution in [-0.2, 0) is 0 Å². The maximum absolute atomic E-state index is 11.0. The van der Waals surface area contributed by atoms with E-state index >= 15 is 0 Å². The van der Waals surface area contributed by atoms with Crippen molar-refractivity contribution >= 4 is 17.5 Å². The lowest BCUT2D eigenvalue weighted by molar-refractivity contribution is -0.385. The molecule has 0 amide bonds. The van der Waals surface area contributed by atoms with Crippen LogP contribution < -0.4 is 16.6 Å². The first-order chi connectivity index (χ1) is 8.99. The molecule has 0 saturated carbocycles. The quantitative estimate of drug-likeness (QED) is 0.317. The average molecular weight is 270 g/mol. The summed E-state index contributed by atoms with van der Waals surface area (Å²) in [6.07, 6.45) is 0.604. The van der Waals surface area contributed by atoms with Gasteiger partial charge >= 0.3 is 5.69 Å². The van der Waals surface area contributed by atoms with E-state index in [1.165, 1.54) is 6.92 Å². The smallest absolute Gasteiger partial charge is 0.332 e. The van der Waals surface area contributed by atoms with Gasteiger partial charge < -0.3 is 10.4 Å². The third kappa shape index (κ3) is 4.00. The second kappa shape index (κ2) is 6.81. The fraction of sp³-hybridized carbons (Fsp3) is 0.600. The fourth-order valence-corrected chi connectivity index (χ4v) is 1.57. The molecular formula is C10H18N6O3. The van der Waals surface area contributed by atoms with Crippen molar-refractivity contribution in [3.8, 4) is 0 Å². The van der Waals surface area contributed by atoms with Gasteiger partial charge in [-0.2, -0.15) is 4.98 Å². The van der Waals surface area contributed by atoms with E-state index in [9.17, 15) is 10.1 Å². The van der Waals surface area contributed by atoms with Crippen LogP contribution in [0.5, 0.6) is 0 Å². The molecule has 0 aromatic carbocycles. The lowest BCUT2D eigenvalue weighted by Crippen LogP contribution is -2.17. The number of aliphatic hydroxyl groups is 1. The Balaban J connectivity index is 2.96. The molecule has 1 aromatic heterocycles. The zero-order chi connectivity index (χ0) is 14.4. The molecule has 5 N–H and O–H groups in total. The molecule has 0 fully saturated rings. The van der Waals surface area contributed by atoms with E-state index in [1.807, 2.05) is 6.92 Å². The minimum Gasteiger partial charge on any atom is -0.396 e. The van der Waals surface area contributed by atoms with Crippen LogP contribution in [0, 0.1) is 23.0 Å². The van der Waals surface area contributed by atoms with Crippen LogP contribution in [-0.4, -0.2) is 33.1 Å². The van der Waals surface area contributed by atoms with Crippen LogP contribution in [0.15, 0.2) is 0 Å². The highest BCUT2D eigenvalue weighted by Gasteiger charge is 2.22. The van der Waals surface area contributed by atoms with E-state index < -0.39 is 4.92 Å². The Morgan fingerprint density at radius 2 is 2.21 bits per heavy atom. The number of aryl methyl sites for hydroxylation is 1. The summed E-state index contributed by atoms with van der Waals surface area (Å²) in [5.41, 5.74) is 2.32. The Hall–Kier alpha value is -2.00. The third-order valence-corrected chi connectivity index (χ3v) is 2.61. The van der Waals surface area contributed by atoms with Gasteiger partial charge in [-0.15, -0.1) is 0 Å². The Kier molecular flexibility index (Phi) is 5.39. The number of nitro groups is 1. The van der Waals surface area contributed by atoms with Crippen molar-refractivity contribution in [2.75, 3.05) is 23.9 Å². The predicted molar refractivity (Wildman–Crippen MR) is 70.6 cm³/mol. The molecule has 106 valence electrons. The van der Waals surface area contributed by atoms with Crippen molar-refractivity contribution < 1.29 is 10.0 Å². The summed E-state index contributed by atoms with van der Waals surface area (Å²) in [5.74, 6) is 5.61. The first kappa shape index (κ1) is 15.1. The lowest BCUT2D eigenvalue weighted by Gasteiger charge is -2.13. The summed E-state index contributed by atoms with van der Waals surface area (Å²) in [7, 11) is 0. The van der Waals surface area contributed by atoms with Crippen molar-refractivity contribution in [2.45, 2.75) is 20.3 Å². The first-order valence-electron chi connectivity index (χ1n) is 5.84. The Morgan fingerprint density at radius 1 is 1.53 bits per heavy atom. The van der Waals surface area contributed by atoms with Gasteiger partial charge in [-0.05, 0) is 19.3 Å². The molecule has 1 atom stereocenters. The molecular weight excluding hydrogens is 252 g/mol. The Labute approximate surface area is 110 Å². The number of nitrogen functional groups attached to an aromatic ring is 1. The number of nitrogens with one attached hydrogen (secondary N) is 2. The van der Waals surface area contributed by atoms with Gasteiger partial charge in [0.1, 0.15) is 5.69 Å². The molecule has 0 bridgehead atoms. The monoisotopic (exact) mass is 270 g/mol. The lowest BCUT2D eigenvalue weighted by atomic mass is 10.1. The van der Waals surface area contributed by atoms with Crippen molar-refractivity contribution in [1.82, 2.24) is 9.97 Å². The van der Waals surface area contributed by atoms with Crippen LogP contribution in [0.1, 0.15) is 19.0 Å². The topological polar surface area (TPSA) is 139 Å². The van der Waals surface area contributed by atoms with E-state index in [-0.39, 0.29) is 35.7 Å². The number of anilines is 2. The Morgan fingerprint density at radius 3 is 2.74 bits per heavy atom. The van der Waals surface area contributed by atoms with E-state index in [0.29, 0.717) is 13.0 Å². The summed E-state index contributed by atoms with van der Waals surface area (Å²) in [6.45, 7) is 3.97. The number of nitrogens with zero attached hydrogens (tertiary/aromatic N) is 3. The summed E-state index contributed by atoms with van der Waals surface area (Å²) in [6, 6.07) is 0. The normalized spacial score (nSPS) is 12.0. The van der Waals surface area contributed by atoms with Gasteiger partial charge in [-0.25, -0.2) is 10.8 Å². The SMILES string of the molecule is Cc1nc(NN)nc(NCC(C)CCO)c1[N+](=O)[O-]. The van der Waals surface area contributed by atoms with Crippen LogP contribution in [0.4, 0.5) is 17.5 Å². The van der Waals surface area contributed by atoms with Crippen molar-refractivity contribution in [3.05, 3.63) is 15.8 Å². The standard InChI is InChI=1S/C10H18N6O3/c1-6(3-4-17)5-12-9-8(16(18)19)7(2)13-10(14-9)15-11/h6,17H,3-5,11H2,1-2H3,(H2,12,13,14,15). The molecule has 9 heteroatoms. The highest BCUT2D eigenvalue weighted by Crippen LogP contribution is 2.26.